The van der Waals surface area contributed by atoms with Crippen molar-refractivity contribution in [1.29, 1.82) is 0 Å². The van der Waals surface area contributed by atoms with Gasteiger partial charge in [-0.25, -0.2) is 0 Å². The highest BCUT2D eigenvalue weighted by Gasteiger charge is 2.28. The predicted molar refractivity (Wildman–Crippen MR) is 265 cm³/mol. The van der Waals surface area contributed by atoms with Crippen LogP contribution in [-0.2, 0) is 4.79 Å². The van der Waals surface area contributed by atoms with Gasteiger partial charge >= 0.3 is 0 Å². The van der Waals surface area contributed by atoms with E-state index in [1.807, 2.05) is 0 Å². The molecule has 0 bridgehead atoms. The minimum atomic E-state index is -1.25. The van der Waals surface area contributed by atoms with Crippen molar-refractivity contribution in [3.8, 4) is 0 Å². The lowest BCUT2D eigenvalue weighted by Crippen LogP contribution is -2.53. The Hall–Kier alpha value is -0.690. The number of aliphatic hydroxyl groups excluding tert-OH is 4. The van der Waals surface area contributed by atoms with Gasteiger partial charge in [-0.1, -0.05) is 303 Å². The molecular weight excluding hydrogens is 755 g/mol. The third-order valence-electron chi connectivity index (χ3n) is 13.6. The summed E-state index contributed by atoms with van der Waals surface area (Å²) in [7, 11) is 0. The molecule has 6 nitrogen and oxygen atoms in total. The number of carbonyl (C=O) groups excluding carboxylic acids is 1. The fourth-order valence-electron chi connectivity index (χ4n) is 9.17. The Morgan fingerprint density at radius 1 is 0.344 bits per heavy atom. The van der Waals surface area contributed by atoms with Gasteiger partial charge in [0.15, 0.2) is 0 Å². The van der Waals surface area contributed by atoms with Crippen molar-refractivity contribution in [1.82, 2.24) is 5.32 Å². The van der Waals surface area contributed by atoms with Gasteiger partial charge in [-0.15, -0.1) is 0 Å². The third kappa shape index (κ3) is 44.3. The van der Waals surface area contributed by atoms with Crippen LogP contribution in [0.2, 0.25) is 0 Å². The topological polar surface area (TPSA) is 110 Å². The fraction of sp³-hybridized carbons (Fsp3) is 0.982. The Morgan fingerprint density at radius 3 is 0.787 bits per heavy atom. The molecule has 0 aliphatic heterocycles. The van der Waals surface area contributed by atoms with Gasteiger partial charge in [-0.2, -0.15) is 0 Å². The molecule has 366 valence electrons. The first-order valence-electron chi connectivity index (χ1n) is 27.9. The molecule has 1 amide bonds. The Kier molecular flexibility index (Phi) is 49.7. The normalized spacial score (nSPS) is 13.7. The summed E-state index contributed by atoms with van der Waals surface area (Å²) in [5.74, 6) is -0.576. The lowest BCUT2D eigenvalue weighted by atomic mass is 9.99. The van der Waals surface area contributed by atoms with Crippen LogP contribution in [-0.4, -0.2) is 57.3 Å². The molecule has 0 heterocycles. The third-order valence-corrected chi connectivity index (χ3v) is 13.6. The zero-order valence-corrected chi connectivity index (χ0v) is 41.4. The lowest BCUT2D eigenvalue weighted by molar-refractivity contribution is -0.132. The first-order chi connectivity index (χ1) is 30.0. The van der Waals surface area contributed by atoms with Crippen LogP contribution >= 0.6 is 0 Å². The van der Waals surface area contributed by atoms with E-state index in [0.29, 0.717) is 12.8 Å². The summed E-state index contributed by atoms with van der Waals surface area (Å²) >= 11 is 0. The highest BCUT2D eigenvalue weighted by Crippen LogP contribution is 2.19. The SMILES string of the molecule is CCCCCCCCCCCCCCCCCCCCCCCCCCCC(O)C(=O)NC(CO)C(O)C(O)CCCCCCCCCCCCCCCCCCCCCC. The monoisotopic (exact) mass is 866 g/mol. The maximum Gasteiger partial charge on any atom is 0.249 e. The average molecular weight is 866 g/mol. The molecule has 61 heavy (non-hydrogen) atoms. The van der Waals surface area contributed by atoms with E-state index in [-0.39, 0.29) is 0 Å². The second kappa shape index (κ2) is 50.3. The van der Waals surface area contributed by atoms with E-state index in [0.717, 1.165) is 38.5 Å². The van der Waals surface area contributed by atoms with E-state index in [9.17, 15) is 25.2 Å². The van der Waals surface area contributed by atoms with E-state index in [1.165, 1.54) is 250 Å². The summed E-state index contributed by atoms with van der Waals surface area (Å²) < 4.78 is 0. The Bertz CT molecular complexity index is 841. The minimum absolute atomic E-state index is 0.376. The number of hydrogen-bond acceptors (Lipinski definition) is 5. The molecule has 0 aromatic carbocycles. The van der Waals surface area contributed by atoms with Crippen LogP contribution < -0.4 is 5.32 Å². The molecule has 0 aliphatic rings. The van der Waals surface area contributed by atoms with Crippen molar-refractivity contribution in [3.63, 3.8) is 0 Å². The van der Waals surface area contributed by atoms with Crippen molar-refractivity contribution in [2.24, 2.45) is 0 Å². The second-order valence-electron chi connectivity index (χ2n) is 19.7. The molecule has 0 fully saturated rings. The van der Waals surface area contributed by atoms with Gasteiger partial charge in [0.1, 0.15) is 12.2 Å². The van der Waals surface area contributed by atoms with Gasteiger partial charge in [0.2, 0.25) is 5.91 Å². The molecular formula is C55H111NO5. The summed E-state index contributed by atoms with van der Waals surface area (Å²) in [6.07, 6.45) is 57.4. The summed E-state index contributed by atoms with van der Waals surface area (Å²) in [6, 6.07) is -0.980. The molecule has 0 aliphatic carbocycles. The van der Waals surface area contributed by atoms with Crippen LogP contribution in [0.5, 0.6) is 0 Å². The molecule has 0 saturated heterocycles. The number of aliphatic hydroxyl groups is 4. The molecule has 5 N–H and O–H groups in total. The Labute approximate surface area is 381 Å². The van der Waals surface area contributed by atoms with Crippen LogP contribution in [0.1, 0.15) is 316 Å². The number of carbonyl (C=O) groups is 1. The summed E-state index contributed by atoms with van der Waals surface area (Å²) in [4.78, 5) is 12.6. The van der Waals surface area contributed by atoms with Crippen molar-refractivity contribution in [2.75, 3.05) is 6.61 Å². The van der Waals surface area contributed by atoms with Gasteiger partial charge in [0, 0.05) is 0 Å². The second-order valence-corrected chi connectivity index (χ2v) is 19.7. The maximum atomic E-state index is 12.6. The van der Waals surface area contributed by atoms with Gasteiger partial charge in [0.05, 0.1) is 18.8 Å². The van der Waals surface area contributed by atoms with Gasteiger partial charge < -0.3 is 25.7 Å². The van der Waals surface area contributed by atoms with Crippen molar-refractivity contribution in [3.05, 3.63) is 0 Å². The molecule has 0 aromatic rings. The van der Waals surface area contributed by atoms with Crippen LogP contribution in [0.4, 0.5) is 0 Å². The van der Waals surface area contributed by atoms with E-state index < -0.39 is 36.9 Å². The van der Waals surface area contributed by atoms with Crippen molar-refractivity contribution < 1.29 is 25.2 Å². The average Bonchev–Trinajstić information content (AvgIpc) is 3.26. The highest BCUT2D eigenvalue weighted by atomic mass is 16.3. The zero-order valence-electron chi connectivity index (χ0n) is 41.4. The van der Waals surface area contributed by atoms with Crippen molar-refractivity contribution >= 4 is 5.91 Å². The first-order valence-corrected chi connectivity index (χ1v) is 27.9. The molecule has 4 unspecified atom stereocenters. The van der Waals surface area contributed by atoms with E-state index >= 15 is 0 Å². The smallest absolute Gasteiger partial charge is 0.249 e. The Balaban J connectivity index is 3.59. The minimum Gasteiger partial charge on any atom is -0.394 e. The molecule has 0 rings (SSSR count). The van der Waals surface area contributed by atoms with Crippen LogP contribution in [0, 0.1) is 0 Å². The summed E-state index contributed by atoms with van der Waals surface area (Å²) in [5.41, 5.74) is 0. The number of hydrogen-bond donors (Lipinski definition) is 5. The van der Waals surface area contributed by atoms with Gasteiger partial charge in [0.25, 0.3) is 0 Å². The number of nitrogens with one attached hydrogen (secondary N) is 1. The molecule has 6 heteroatoms. The number of unbranched alkanes of at least 4 members (excludes halogenated alkanes) is 43. The van der Waals surface area contributed by atoms with Crippen LogP contribution in [0.3, 0.4) is 0 Å². The van der Waals surface area contributed by atoms with Crippen molar-refractivity contribution in [2.45, 2.75) is 340 Å². The molecule has 0 spiro atoms. The molecule has 4 atom stereocenters. The largest absolute Gasteiger partial charge is 0.394 e. The zero-order chi connectivity index (χ0) is 44.5. The lowest BCUT2D eigenvalue weighted by Gasteiger charge is -2.27. The molecule has 0 aromatic heterocycles. The number of rotatable bonds is 52. The van der Waals surface area contributed by atoms with Crippen LogP contribution in [0.15, 0.2) is 0 Å². The summed E-state index contributed by atoms with van der Waals surface area (Å²) in [6.45, 7) is 4.10. The van der Waals surface area contributed by atoms with Gasteiger partial charge in [-0.3, -0.25) is 4.79 Å². The standard InChI is InChI=1S/C55H111NO5/c1-3-5-7-9-11-13-15-17-19-21-23-25-26-27-28-29-31-33-35-37-39-41-43-45-47-49-53(59)55(61)56-51(50-57)54(60)52(58)48-46-44-42-40-38-36-34-32-30-24-22-20-18-16-14-12-10-8-6-4-2/h51-54,57-60H,3-50H2,1-2H3,(H,56,61). The highest BCUT2D eigenvalue weighted by molar-refractivity contribution is 5.80. The first kappa shape index (κ1) is 60.3. The fourth-order valence-corrected chi connectivity index (χ4v) is 9.17. The van der Waals surface area contributed by atoms with E-state index in [2.05, 4.69) is 19.2 Å². The maximum absolute atomic E-state index is 12.6. The van der Waals surface area contributed by atoms with E-state index in [4.69, 9.17) is 0 Å². The summed E-state index contributed by atoms with van der Waals surface area (Å²) in [5, 5.41) is 44.0. The molecule has 0 radical (unpaired) electrons. The predicted octanol–water partition coefficient (Wildman–Crippen LogP) is 15.9. The van der Waals surface area contributed by atoms with Gasteiger partial charge in [-0.05, 0) is 12.8 Å². The quantitative estimate of drug-likeness (QED) is 0.0391. The van der Waals surface area contributed by atoms with Crippen LogP contribution in [0.25, 0.3) is 0 Å². The Morgan fingerprint density at radius 2 is 0.557 bits per heavy atom. The molecule has 0 saturated carbocycles. The van der Waals surface area contributed by atoms with E-state index in [1.54, 1.807) is 0 Å². The number of amides is 1.